The Bertz CT molecular complexity index is 1120. The van der Waals surface area contributed by atoms with E-state index in [1.54, 1.807) is 13.2 Å². The number of ether oxygens (including phenoxy) is 1. The average molecular weight is 424 g/mol. The number of hydrogen-bond donors (Lipinski definition) is 3. The number of benzene rings is 1. The van der Waals surface area contributed by atoms with Crippen LogP contribution in [0, 0.1) is 11.3 Å². The van der Waals surface area contributed by atoms with Crippen molar-refractivity contribution in [2.24, 2.45) is 0 Å². The first-order valence-corrected chi connectivity index (χ1v) is 10.1. The van der Waals surface area contributed by atoms with Gasteiger partial charge in [-0.15, -0.1) is 0 Å². The number of fused-ring (bicyclic) bond motifs is 1. The highest BCUT2D eigenvalue weighted by Crippen LogP contribution is 2.33. The van der Waals surface area contributed by atoms with Crippen molar-refractivity contribution in [1.29, 1.82) is 5.26 Å². The van der Waals surface area contributed by atoms with Gasteiger partial charge < -0.3 is 24.7 Å². The lowest BCUT2D eigenvalue weighted by Gasteiger charge is -2.34. The predicted octanol–water partition coefficient (Wildman–Crippen LogP) is 1.88. The van der Waals surface area contributed by atoms with Gasteiger partial charge in [-0.2, -0.15) is 10.2 Å². The number of nitrogens with zero attached hydrogens (tertiary/aromatic N) is 5. The molecule has 0 aliphatic carbocycles. The number of oxazole rings is 1. The standard InChI is InChI=1S/C21H24N6O4/c1-3-27-9-14(6-15(28)10-27)24-21-26-19-20(31-21)23-8-16(25-19)18-13(7-22)4-12(11-30-2)5-17(18)29/h4-5,8,14-15,28-29H,3,6,9-11H2,1-2H3,(H,24,25,26). The van der Waals surface area contributed by atoms with E-state index in [9.17, 15) is 15.5 Å². The number of aliphatic hydroxyl groups excluding tert-OH is 1. The molecule has 2 aromatic heterocycles. The van der Waals surface area contributed by atoms with Gasteiger partial charge >= 0.3 is 0 Å². The maximum atomic E-state index is 10.5. The van der Waals surface area contributed by atoms with E-state index in [4.69, 9.17) is 9.15 Å². The van der Waals surface area contributed by atoms with E-state index in [1.807, 2.05) is 0 Å². The molecule has 0 bridgehead atoms. The van der Waals surface area contributed by atoms with Crippen molar-refractivity contribution in [3.8, 4) is 23.1 Å². The minimum Gasteiger partial charge on any atom is -0.507 e. The lowest BCUT2D eigenvalue weighted by atomic mass is 10.0. The average Bonchev–Trinajstić information content (AvgIpc) is 3.14. The smallest absolute Gasteiger partial charge is 0.298 e. The third-order valence-corrected chi connectivity index (χ3v) is 5.27. The molecular weight excluding hydrogens is 400 g/mol. The number of piperidine rings is 1. The molecule has 3 aromatic rings. The summed E-state index contributed by atoms with van der Waals surface area (Å²) < 4.78 is 10.7. The SMILES string of the molecule is CCN1CC(O)CC(Nc2nc3nc(-c4c(O)cc(COC)cc4C#N)cnc3o2)C1. The van der Waals surface area contributed by atoms with Crippen molar-refractivity contribution in [2.75, 3.05) is 32.1 Å². The number of phenols is 1. The summed E-state index contributed by atoms with van der Waals surface area (Å²) in [5.74, 6) is -0.0857. The van der Waals surface area contributed by atoms with Gasteiger partial charge in [-0.25, -0.2) is 9.97 Å². The van der Waals surface area contributed by atoms with Gasteiger partial charge in [0.25, 0.3) is 11.7 Å². The fourth-order valence-corrected chi connectivity index (χ4v) is 3.90. The number of aliphatic hydroxyl groups is 1. The Morgan fingerprint density at radius 1 is 1.35 bits per heavy atom. The molecule has 3 N–H and O–H groups in total. The molecule has 4 rings (SSSR count). The van der Waals surface area contributed by atoms with Crippen molar-refractivity contribution >= 4 is 17.4 Å². The van der Waals surface area contributed by atoms with Crippen LogP contribution in [0.25, 0.3) is 22.6 Å². The third-order valence-electron chi connectivity index (χ3n) is 5.27. The van der Waals surface area contributed by atoms with Gasteiger partial charge in [-0.3, -0.25) is 4.90 Å². The maximum absolute atomic E-state index is 10.5. The number of phenolic OH excluding ortho intramolecular Hbond substituents is 1. The number of likely N-dealkylation sites (N-methyl/N-ethyl adjacent to an activating group) is 1. The molecule has 0 saturated carbocycles. The molecule has 162 valence electrons. The second-order valence-electron chi connectivity index (χ2n) is 7.57. The molecule has 3 heterocycles. The Labute approximate surface area is 179 Å². The molecule has 1 fully saturated rings. The number of rotatable bonds is 6. The highest BCUT2D eigenvalue weighted by molar-refractivity contribution is 5.77. The van der Waals surface area contributed by atoms with Gasteiger partial charge in [0.2, 0.25) is 5.65 Å². The van der Waals surface area contributed by atoms with Gasteiger partial charge in [0, 0.05) is 26.2 Å². The Morgan fingerprint density at radius 3 is 2.94 bits per heavy atom. The van der Waals surface area contributed by atoms with E-state index in [0.717, 1.165) is 13.1 Å². The first-order chi connectivity index (χ1) is 15.0. The van der Waals surface area contributed by atoms with Crippen LogP contribution in [-0.4, -0.2) is 69.0 Å². The largest absolute Gasteiger partial charge is 0.507 e. The van der Waals surface area contributed by atoms with Gasteiger partial charge in [0.1, 0.15) is 5.75 Å². The van der Waals surface area contributed by atoms with Crippen LogP contribution in [-0.2, 0) is 11.3 Å². The summed E-state index contributed by atoms with van der Waals surface area (Å²) in [6.07, 6.45) is 1.62. The number of aromatic hydroxyl groups is 1. The molecule has 1 aliphatic rings. The maximum Gasteiger partial charge on any atom is 0.298 e. The molecule has 2 atom stereocenters. The van der Waals surface area contributed by atoms with E-state index >= 15 is 0 Å². The Kier molecular flexibility index (Phi) is 5.99. The summed E-state index contributed by atoms with van der Waals surface area (Å²) in [5, 5.41) is 33.3. The molecule has 10 nitrogen and oxygen atoms in total. The summed E-state index contributed by atoms with van der Waals surface area (Å²) >= 11 is 0. The number of hydrogen-bond acceptors (Lipinski definition) is 10. The Balaban J connectivity index is 1.62. The monoisotopic (exact) mass is 424 g/mol. The van der Waals surface area contributed by atoms with Gasteiger partial charge in [-0.1, -0.05) is 6.92 Å². The molecule has 0 spiro atoms. The second-order valence-corrected chi connectivity index (χ2v) is 7.57. The first-order valence-electron chi connectivity index (χ1n) is 10.1. The minimum atomic E-state index is -0.410. The Hall–Kier alpha value is -3.26. The van der Waals surface area contributed by atoms with Gasteiger partial charge in [0.05, 0.1) is 41.8 Å². The molecule has 1 aromatic carbocycles. The van der Waals surface area contributed by atoms with Crippen LogP contribution in [0.1, 0.15) is 24.5 Å². The molecule has 31 heavy (non-hydrogen) atoms. The molecule has 1 aliphatic heterocycles. The van der Waals surface area contributed by atoms with E-state index in [2.05, 4.69) is 38.2 Å². The molecular formula is C21H24N6O4. The van der Waals surface area contributed by atoms with Crippen LogP contribution in [0.2, 0.25) is 0 Å². The highest BCUT2D eigenvalue weighted by atomic mass is 16.5. The summed E-state index contributed by atoms with van der Waals surface area (Å²) in [6.45, 7) is 4.60. The topological polar surface area (TPSA) is 141 Å². The third kappa shape index (κ3) is 4.44. The fourth-order valence-electron chi connectivity index (χ4n) is 3.90. The van der Waals surface area contributed by atoms with Crippen molar-refractivity contribution in [3.63, 3.8) is 0 Å². The zero-order valence-corrected chi connectivity index (χ0v) is 17.4. The molecule has 1 saturated heterocycles. The second kappa shape index (κ2) is 8.85. The van der Waals surface area contributed by atoms with E-state index < -0.39 is 6.10 Å². The van der Waals surface area contributed by atoms with E-state index in [0.29, 0.717) is 24.2 Å². The number of nitrogens with one attached hydrogen (secondary N) is 1. The number of nitriles is 1. The van der Waals surface area contributed by atoms with E-state index in [1.165, 1.54) is 12.3 Å². The quantitative estimate of drug-likeness (QED) is 0.537. The molecule has 10 heteroatoms. The fraction of sp³-hybridized carbons (Fsp3) is 0.429. The zero-order chi connectivity index (χ0) is 22.0. The normalized spacial score (nSPS) is 19.4. The number of aromatic nitrogens is 3. The first kappa shape index (κ1) is 21.0. The number of anilines is 1. The summed E-state index contributed by atoms with van der Waals surface area (Å²) in [4.78, 5) is 15.2. The summed E-state index contributed by atoms with van der Waals surface area (Å²) in [7, 11) is 1.54. The summed E-state index contributed by atoms with van der Waals surface area (Å²) in [6, 6.07) is 5.52. The molecule has 0 radical (unpaired) electrons. The van der Waals surface area contributed by atoms with Crippen molar-refractivity contribution in [2.45, 2.75) is 32.1 Å². The number of likely N-dealkylation sites (tertiary alicyclic amines) is 1. The number of β-amino-alcohol motifs (C(OH)–C–C–N with tert-alkyl or cyclic N) is 1. The van der Waals surface area contributed by atoms with Gasteiger partial charge in [-0.05, 0) is 30.7 Å². The van der Waals surface area contributed by atoms with Crippen molar-refractivity contribution < 1.29 is 19.4 Å². The van der Waals surface area contributed by atoms with Crippen molar-refractivity contribution in [3.05, 3.63) is 29.5 Å². The summed E-state index contributed by atoms with van der Waals surface area (Å²) in [5.41, 5.74) is 2.03. The van der Waals surface area contributed by atoms with Crippen LogP contribution in [0.3, 0.4) is 0 Å². The number of methoxy groups -OCH3 is 1. The molecule has 0 amide bonds. The van der Waals surface area contributed by atoms with Crippen LogP contribution < -0.4 is 5.32 Å². The molecule has 2 unspecified atom stereocenters. The van der Waals surface area contributed by atoms with Crippen LogP contribution in [0.5, 0.6) is 5.75 Å². The lowest BCUT2D eigenvalue weighted by molar-refractivity contribution is 0.0667. The predicted molar refractivity (Wildman–Crippen MR) is 112 cm³/mol. The van der Waals surface area contributed by atoms with Crippen molar-refractivity contribution in [1.82, 2.24) is 19.9 Å². The zero-order valence-electron chi connectivity index (χ0n) is 17.4. The minimum absolute atomic E-state index is 0.0150. The van der Waals surface area contributed by atoms with Crippen LogP contribution in [0.4, 0.5) is 6.01 Å². The van der Waals surface area contributed by atoms with Crippen LogP contribution in [0.15, 0.2) is 22.7 Å². The highest BCUT2D eigenvalue weighted by Gasteiger charge is 2.26. The Morgan fingerprint density at radius 2 is 2.19 bits per heavy atom. The van der Waals surface area contributed by atoms with Crippen LogP contribution >= 0.6 is 0 Å². The van der Waals surface area contributed by atoms with E-state index in [-0.39, 0.29) is 46.9 Å². The van der Waals surface area contributed by atoms with Gasteiger partial charge in [0.15, 0.2) is 0 Å². The lowest BCUT2D eigenvalue weighted by Crippen LogP contribution is -2.48.